The van der Waals surface area contributed by atoms with Gasteiger partial charge in [-0.05, 0) is 49.3 Å². The number of nitrogens with zero attached hydrogens (tertiary/aromatic N) is 4. The molecule has 0 aromatic carbocycles. The van der Waals surface area contributed by atoms with Gasteiger partial charge in [-0.1, -0.05) is 13.0 Å². The first-order valence-corrected chi connectivity index (χ1v) is 9.47. The molecule has 0 saturated heterocycles. The quantitative estimate of drug-likeness (QED) is 0.727. The second kappa shape index (κ2) is 7.73. The van der Waals surface area contributed by atoms with Crippen molar-refractivity contribution in [1.82, 2.24) is 24.9 Å². The summed E-state index contributed by atoms with van der Waals surface area (Å²) in [5.74, 6) is 1.36. The standard InChI is InChI=1S/C20H24N6O/c1-14-4-6-16(7-5-14)24-20(27)17-13-23-26-10-8-18(25-19(17)26)22-12-15-3-2-9-21-11-15/h2-3,8-11,13-14,16H,4-7,12H2,1H3,(H,22,25)(H,24,27). The van der Waals surface area contributed by atoms with Crippen LogP contribution in [0.2, 0.25) is 0 Å². The summed E-state index contributed by atoms with van der Waals surface area (Å²) < 4.78 is 1.63. The van der Waals surface area contributed by atoms with Crippen molar-refractivity contribution in [3.8, 4) is 0 Å². The first kappa shape index (κ1) is 17.5. The summed E-state index contributed by atoms with van der Waals surface area (Å²) in [5, 5.41) is 10.7. The van der Waals surface area contributed by atoms with Gasteiger partial charge in [0.1, 0.15) is 11.4 Å². The first-order chi connectivity index (χ1) is 13.2. The van der Waals surface area contributed by atoms with Gasteiger partial charge in [-0.3, -0.25) is 9.78 Å². The number of fused-ring (bicyclic) bond motifs is 1. The maximum Gasteiger partial charge on any atom is 0.256 e. The third-order valence-corrected chi connectivity index (χ3v) is 5.16. The van der Waals surface area contributed by atoms with Gasteiger partial charge in [0.25, 0.3) is 5.91 Å². The highest BCUT2D eigenvalue weighted by molar-refractivity contribution is 5.99. The van der Waals surface area contributed by atoms with Crippen LogP contribution in [0.15, 0.2) is 43.0 Å². The summed E-state index contributed by atoms with van der Waals surface area (Å²) in [7, 11) is 0. The van der Waals surface area contributed by atoms with Crippen LogP contribution in [0.4, 0.5) is 5.82 Å². The Morgan fingerprint density at radius 2 is 2.07 bits per heavy atom. The summed E-state index contributed by atoms with van der Waals surface area (Å²) in [5.41, 5.74) is 2.14. The Balaban J connectivity index is 1.47. The molecule has 1 saturated carbocycles. The molecule has 2 N–H and O–H groups in total. The van der Waals surface area contributed by atoms with Crippen LogP contribution in [0.1, 0.15) is 48.5 Å². The molecule has 7 nitrogen and oxygen atoms in total. The van der Waals surface area contributed by atoms with E-state index in [2.05, 4.69) is 32.6 Å². The summed E-state index contributed by atoms with van der Waals surface area (Å²) in [6.07, 6.45) is 11.4. The summed E-state index contributed by atoms with van der Waals surface area (Å²) in [6.45, 7) is 2.89. The van der Waals surface area contributed by atoms with E-state index in [0.29, 0.717) is 23.6 Å². The molecule has 7 heteroatoms. The normalized spacial score (nSPS) is 19.7. The average molecular weight is 364 g/mol. The van der Waals surface area contributed by atoms with Crippen LogP contribution in [-0.4, -0.2) is 31.5 Å². The number of carbonyl (C=O) groups is 1. The van der Waals surface area contributed by atoms with Crippen LogP contribution in [-0.2, 0) is 6.54 Å². The van der Waals surface area contributed by atoms with Gasteiger partial charge in [-0.15, -0.1) is 0 Å². The minimum Gasteiger partial charge on any atom is -0.366 e. The monoisotopic (exact) mass is 364 g/mol. The van der Waals surface area contributed by atoms with Gasteiger partial charge < -0.3 is 10.6 Å². The van der Waals surface area contributed by atoms with Crippen LogP contribution in [0.25, 0.3) is 5.65 Å². The minimum absolute atomic E-state index is 0.0959. The molecule has 1 aliphatic carbocycles. The fraction of sp³-hybridized carbons (Fsp3) is 0.400. The maximum absolute atomic E-state index is 12.7. The van der Waals surface area contributed by atoms with Gasteiger partial charge in [-0.25, -0.2) is 9.50 Å². The highest BCUT2D eigenvalue weighted by Gasteiger charge is 2.22. The van der Waals surface area contributed by atoms with E-state index in [1.807, 2.05) is 30.6 Å². The lowest BCUT2D eigenvalue weighted by molar-refractivity contribution is 0.0924. The number of hydrogen-bond acceptors (Lipinski definition) is 5. The minimum atomic E-state index is -0.0959. The zero-order valence-corrected chi connectivity index (χ0v) is 15.4. The Morgan fingerprint density at radius 1 is 1.22 bits per heavy atom. The Bertz CT molecular complexity index is 915. The van der Waals surface area contributed by atoms with Crippen LogP contribution in [0.5, 0.6) is 0 Å². The number of hydrogen-bond donors (Lipinski definition) is 2. The number of anilines is 1. The molecule has 27 heavy (non-hydrogen) atoms. The molecule has 4 rings (SSSR count). The van der Waals surface area contributed by atoms with Crippen LogP contribution >= 0.6 is 0 Å². The SMILES string of the molecule is CC1CCC(NC(=O)c2cnn3ccc(NCc4cccnc4)nc23)CC1. The van der Waals surface area contributed by atoms with E-state index in [4.69, 9.17) is 0 Å². The zero-order valence-electron chi connectivity index (χ0n) is 15.4. The number of pyridine rings is 1. The third kappa shape index (κ3) is 4.07. The predicted molar refractivity (Wildman–Crippen MR) is 103 cm³/mol. The van der Waals surface area contributed by atoms with Gasteiger partial charge >= 0.3 is 0 Å². The Hall–Kier alpha value is -2.96. The molecule has 140 valence electrons. The molecule has 3 heterocycles. The van der Waals surface area contributed by atoms with Crippen molar-refractivity contribution in [2.24, 2.45) is 5.92 Å². The molecule has 1 aliphatic rings. The fourth-order valence-corrected chi connectivity index (χ4v) is 3.49. The molecule has 1 amide bonds. The Kier molecular flexibility index (Phi) is 5.00. The lowest BCUT2D eigenvalue weighted by atomic mass is 9.87. The highest BCUT2D eigenvalue weighted by Crippen LogP contribution is 2.24. The Morgan fingerprint density at radius 3 is 2.85 bits per heavy atom. The van der Waals surface area contributed by atoms with Gasteiger partial charge in [0.2, 0.25) is 0 Å². The van der Waals surface area contributed by atoms with E-state index >= 15 is 0 Å². The van der Waals surface area contributed by atoms with Crippen molar-refractivity contribution in [2.45, 2.75) is 45.2 Å². The second-order valence-electron chi connectivity index (χ2n) is 7.28. The van der Waals surface area contributed by atoms with E-state index in [9.17, 15) is 4.79 Å². The molecule has 0 unspecified atom stereocenters. The van der Waals surface area contributed by atoms with E-state index in [-0.39, 0.29) is 11.9 Å². The van der Waals surface area contributed by atoms with E-state index < -0.39 is 0 Å². The second-order valence-corrected chi connectivity index (χ2v) is 7.28. The molecule has 0 spiro atoms. The number of amides is 1. The third-order valence-electron chi connectivity index (χ3n) is 5.16. The van der Waals surface area contributed by atoms with E-state index in [0.717, 1.165) is 24.3 Å². The van der Waals surface area contributed by atoms with Gasteiger partial charge in [-0.2, -0.15) is 5.10 Å². The number of rotatable bonds is 5. The molecule has 1 fully saturated rings. The van der Waals surface area contributed by atoms with E-state index in [1.54, 1.807) is 16.9 Å². The maximum atomic E-state index is 12.7. The van der Waals surface area contributed by atoms with Crippen LogP contribution in [0.3, 0.4) is 0 Å². The van der Waals surface area contributed by atoms with Crippen molar-refractivity contribution in [3.63, 3.8) is 0 Å². The molecule has 0 radical (unpaired) electrons. The first-order valence-electron chi connectivity index (χ1n) is 9.47. The molecular formula is C20H24N6O. The molecular weight excluding hydrogens is 340 g/mol. The number of aromatic nitrogens is 4. The van der Waals surface area contributed by atoms with Gasteiger partial charge in [0.05, 0.1) is 6.20 Å². The molecule has 3 aromatic heterocycles. The van der Waals surface area contributed by atoms with Gasteiger partial charge in [0, 0.05) is 31.2 Å². The summed E-state index contributed by atoms with van der Waals surface area (Å²) >= 11 is 0. The largest absolute Gasteiger partial charge is 0.366 e. The highest BCUT2D eigenvalue weighted by atomic mass is 16.1. The van der Waals surface area contributed by atoms with Crippen molar-refractivity contribution in [1.29, 1.82) is 0 Å². The zero-order chi connectivity index (χ0) is 18.6. The molecule has 0 aliphatic heterocycles. The number of carbonyl (C=O) groups excluding carboxylic acids is 1. The van der Waals surface area contributed by atoms with Crippen LogP contribution in [0, 0.1) is 5.92 Å². The van der Waals surface area contributed by atoms with Crippen molar-refractivity contribution in [2.75, 3.05) is 5.32 Å². The average Bonchev–Trinajstić information content (AvgIpc) is 3.12. The molecule has 0 bridgehead atoms. The summed E-state index contributed by atoms with van der Waals surface area (Å²) in [4.78, 5) is 21.4. The van der Waals surface area contributed by atoms with Crippen molar-refractivity contribution < 1.29 is 4.79 Å². The number of nitrogens with one attached hydrogen (secondary N) is 2. The lowest BCUT2D eigenvalue weighted by Crippen LogP contribution is -2.37. The van der Waals surface area contributed by atoms with Gasteiger partial charge in [0.15, 0.2) is 5.65 Å². The van der Waals surface area contributed by atoms with Crippen molar-refractivity contribution >= 4 is 17.4 Å². The molecule has 0 atom stereocenters. The Labute approximate surface area is 158 Å². The topological polar surface area (TPSA) is 84.2 Å². The summed E-state index contributed by atoms with van der Waals surface area (Å²) in [6, 6.07) is 6.00. The van der Waals surface area contributed by atoms with E-state index in [1.165, 1.54) is 12.8 Å². The predicted octanol–water partition coefficient (Wildman–Crippen LogP) is 3.04. The fourth-order valence-electron chi connectivity index (χ4n) is 3.49. The molecule has 3 aromatic rings. The lowest BCUT2D eigenvalue weighted by Gasteiger charge is -2.26. The smallest absolute Gasteiger partial charge is 0.256 e. The van der Waals surface area contributed by atoms with Crippen LogP contribution < -0.4 is 10.6 Å². The van der Waals surface area contributed by atoms with Crippen molar-refractivity contribution in [3.05, 3.63) is 54.1 Å².